The summed E-state index contributed by atoms with van der Waals surface area (Å²) in [5.74, 6) is -3.29. The maximum absolute atomic E-state index is 11.7. The van der Waals surface area contributed by atoms with E-state index in [1.165, 1.54) is 22.8 Å². The molecule has 76 valence electrons. The summed E-state index contributed by atoms with van der Waals surface area (Å²) in [5, 5.41) is 2.75. The van der Waals surface area contributed by atoms with Gasteiger partial charge in [0.15, 0.2) is 0 Å². The Bertz CT molecular complexity index is 344. The van der Waals surface area contributed by atoms with E-state index in [1.54, 1.807) is 0 Å². The second-order valence-corrected chi connectivity index (χ2v) is 3.21. The highest BCUT2D eigenvalue weighted by Crippen LogP contribution is 2.15. The summed E-state index contributed by atoms with van der Waals surface area (Å²) in [6, 6.07) is 2.82. The smallest absolute Gasteiger partial charge is 0.284 e. The van der Waals surface area contributed by atoms with E-state index in [2.05, 4.69) is 0 Å². The number of carbonyl (C=O) groups excluding carboxylic acids is 2. The summed E-state index contributed by atoms with van der Waals surface area (Å²) in [4.78, 5) is 21.3. The summed E-state index contributed by atoms with van der Waals surface area (Å²) >= 11 is 0.952. The van der Waals surface area contributed by atoms with E-state index in [9.17, 15) is 22.8 Å². The van der Waals surface area contributed by atoms with Crippen LogP contribution in [0.3, 0.4) is 0 Å². The molecule has 2 amide bonds. The summed E-state index contributed by atoms with van der Waals surface area (Å²) in [5.41, 5.74) is 0. The van der Waals surface area contributed by atoms with Gasteiger partial charge in [0.1, 0.15) is 0 Å². The van der Waals surface area contributed by atoms with Gasteiger partial charge in [-0.1, -0.05) is 6.07 Å². The summed E-state index contributed by atoms with van der Waals surface area (Å²) in [6.45, 7) is 0. The van der Waals surface area contributed by atoms with Crippen molar-refractivity contribution in [3.8, 4) is 0 Å². The lowest BCUT2D eigenvalue weighted by atomic mass is 10.4. The van der Waals surface area contributed by atoms with Crippen molar-refractivity contribution in [3.05, 3.63) is 22.4 Å². The first-order chi connectivity index (χ1) is 6.41. The van der Waals surface area contributed by atoms with Crippen LogP contribution in [0, 0.1) is 0 Å². The lowest BCUT2D eigenvalue weighted by Crippen LogP contribution is -2.40. The molecule has 0 aliphatic rings. The Morgan fingerprint density at radius 1 is 1.36 bits per heavy atom. The zero-order valence-corrected chi connectivity index (χ0v) is 7.41. The molecule has 1 aromatic rings. The molecular formula is C7H4F3NO2S. The number of hydrogen-bond donors (Lipinski definition) is 1. The molecule has 1 heterocycles. The molecule has 3 nitrogen and oxygen atoms in total. The van der Waals surface area contributed by atoms with Crippen LogP contribution in [0.25, 0.3) is 0 Å². The minimum absolute atomic E-state index is 0.0580. The van der Waals surface area contributed by atoms with Crippen LogP contribution in [0.2, 0.25) is 0 Å². The van der Waals surface area contributed by atoms with E-state index in [-0.39, 0.29) is 4.88 Å². The fourth-order valence-corrected chi connectivity index (χ4v) is 1.26. The van der Waals surface area contributed by atoms with Crippen molar-refractivity contribution in [2.45, 2.75) is 6.18 Å². The lowest BCUT2D eigenvalue weighted by Gasteiger charge is -2.04. The van der Waals surface area contributed by atoms with E-state index >= 15 is 0 Å². The molecular weight excluding hydrogens is 219 g/mol. The first-order valence-corrected chi connectivity index (χ1v) is 4.25. The van der Waals surface area contributed by atoms with E-state index < -0.39 is 18.0 Å². The molecule has 1 rings (SSSR count). The standard InChI is InChI=1S/C7H4F3NO2S/c8-7(9,10)6(13)11-5(12)4-2-1-3-14-4/h1-3H,(H,11,12,13). The third-order valence-electron chi connectivity index (χ3n) is 1.23. The van der Waals surface area contributed by atoms with Crippen molar-refractivity contribution < 1.29 is 22.8 Å². The normalized spacial score (nSPS) is 11.1. The van der Waals surface area contributed by atoms with E-state index in [1.807, 2.05) is 0 Å². The van der Waals surface area contributed by atoms with Crippen molar-refractivity contribution in [1.82, 2.24) is 5.32 Å². The second-order valence-electron chi connectivity index (χ2n) is 2.26. The van der Waals surface area contributed by atoms with Gasteiger partial charge in [-0.2, -0.15) is 13.2 Å². The molecule has 7 heteroatoms. The van der Waals surface area contributed by atoms with Gasteiger partial charge in [0.25, 0.3) is 5.91 Å². The topological polar surface area (TPSA) is 46.2 Å². The van der Waals surface area contributed by atoms with Gasteiger partial charge in [-0.3, -0.25) is 14.9 Å². The Morgan fingerprint density at radius 2 is 2.00 bits per heavy atom. The van der Waals surface area contributed by atoms with E-state index in [0.29, 0.717) is 0 Å². The Hall–Kier alpha value is -1.37. The highest BCUT2D eigenvalue weighted by Gasteiger charge is 2.39. The largest absolute Gasteiger partial charge is 0.471 e. The minimum Gasteiger partial charge on any atom is -0.284 e. The highest BCUT2D eigenvalue weighted by molar-refractivity contribution is 7.12. The Kier molecular flexibility index (Phi) is 2.90. The zero-order chi connectivity index (χ0) is 10.8. The van der Waals surface area contributed by atoms with Crippen LogP contribution < -0.4 is 5.32 Å². The van der Waals surface area contributed by atoms with Gasteiger partial charge in [0.05, 0.1) is 4.88 Å². The second kappa shape index (κ2) is 3.79. The summed E-state index contributed by atoms with van der Waals surface area (Å²) < 4.78 is 35.1. The number of amides is 2. The lowest BCUT2D eigenvalue weighted by molar-refractivity contribution is -0.172. The molecule has 0 bridgehead atoms. The molecule has 0 fully saturated rings. The van der Waals surface area contributed by atoms with Crippen molar-refractivity contribution in [1.29, 1.82) is 0 Å². The molecule has 0 spiro atoms. The number of hydrogen-bond acceptors (Lipinski definition) is 3. The molecule has 1 N–H and O–H groups in total. The van der Waals surface area contributed by atoms with Crippen LogP contribution >= 0.6 is 11.3 Å². The van der Waals surface area contributed by atoms with E-state index in [4.69, 9.17) is 0 Å². The average Bonchev–Trinajstić information content (AvgIpc) is 2.53. The van der Waals surface area contributed by atoms with Gasteiger partial charge in [0.2, 0.25) is 0 Å². The third kappa shape index (κ3) is 2.56. The first kappa shape index (κ1) is 10.7. The molecule has 0 aliphatic carbocycles. The first-order valence-electron chi connectivity index (χ1n) is 3.37. The molecule has 0 radical (unpaired) electrons. The van der Waals surface area contributed by atoms with Crippen molar-refractivity contribution in [3.63, 3.8) is 0 Å². The number of alkyl halides is 3. The number of imide groups is 1. The van der Waals surface area contributed by atoms with Crippen molar-refractivity contribution in [2.24, 2.45) is 0 Å². The van der Waals surface area contributed by atoms with Gasteiger partial charge in [-0.25, -0.2) is 0 Å². The van der Waals surface area contributed by atoms with Crippen LogP contribution in [0.4, 0.5) is 13.2 Å². The number of nitrogens with one attached hydrogen (secondary N) is 1. The summed E-state index contributed by atoms with van der Waals surface area (Å²) in [6.07, 6.45) is -5.03. The molecule has 0 saturated heterocycles. The summed E-state index contributed by atoms with van der Waals surface area (Å²) in [7, 11) is 0. The fourth-order valence-electron chi connectivity index (χ4n) is 0.643. The zero-order valence-electron chi connectivity index (χ0n) is 6.59. The van der Waals surface area contributed by atoms with Gasteiger partial charge < -0.3 is 0 Å². The van der Waals surface area contributed by atoms with Crippen LogP contribution in [-0.2, 0) is 4.79 Å². The Labute approximate surface area is 80.5 Å². The molecule has 14 heavy (non-hydrogen) atoms. The number of thiophene rings is 1. The molecule has 0 aliphatic heterocycles. The van der Waals surface area contributed by atoms with Gasteiger partial charge in [-0.15, -0.1) is 11.3 Å². The van der Waals surface area contributed by atoms with Gasteiger partial charge in [-0.05, 0) is 11.4 Å². The minimum atomic E-state index is -5.03. The van der Waals surface area contributed by atoms with Gasteiger partial charge in [0, 0.05) is 0 Å². The highest BCUT2D eigenvalue weighted by atomic mass is 32.1. The van der Waals surface area contributed by atoms with Crippen LogP contribution in [-0.4, -0.2) is 18.0 Å². The average molecular weight is 223 g/mol. The SMILES string of the molecule is O=C(NC(=O)C(F)(F)F)c1cccs1. The molecule has 0 saturated carbocycles. The number of carbonyl (C=O) groups is 2. The maximum Gasteiger partial charge on any atom is 0.471 e. The third-order valence-corrected chi connectivity index (χ3v) is 2.10. The van der Waals surface area contributed by atoms with E-state index in [0.717, 1.165) is 11.3 Å². The Balaban J connectivity index is 2.63. The van der Waals surface area contributed by atoms with Crippen molar-refractivity contribution >= 4 is 23.2 Å². The maximum atomic E-state index is 11.7. The molecule has 0 aromatic carbocycles. The molecule has 0 unspecified atom stereocenters. The monoisotopic (exact) mass is 223 g/mol. The number of rotatable bonds is 1. The molecule has 0 atom stereocenters. The van der Waals surface area contributed by atoms with Crippen molar-refractivity contribution in [2.75, 3.05) is 0 Å². The number of halogens is 3. The van der Waals surface area contributed by atoms with Crippen LogP contribution in [0.1, 0.15) is 9.67 Å². The quantitative estimate of drug-likeness (QED) is 0.785. The Morgan fingerprint density at radius 3 is 2.43 bits per heavy atom. The predicted molar refractivity (Wildman–Crippen MR) is 42.8 cm³/mol. The fraction of sp³-hybridized carbons (Fsp3) is 0.143. The predicted octanol–water partition coefficient (Wildman–Crippen LogP) is 1.57. The van der Waals surface area contributed by atoms with Crippen LogP contribution in [0.5, 0.6) is 0 Å². The van der Waals surface area contributed by atoms with Gasteiger partial charge >= 0.3 is 12.1 Å². The molecule has 1 aromatic heterocycles. The van der Waals surface area contributed by atoms with Crippen LogP contribution in [0.15, 0.2) is 17.5 Å².